The van der Waals surface area contributed by atoms with Crippen LogP contribution in [0.25, 0.3) is 10.9 Å². The van der Waals surface area contributed by atoms with E-state index >= 15 is 0 Å². The summed E-state index contributed by atoms with van der Waals surface area (Å²) in [6, 6.07) is 13.3. The average molecular weight is 391 g/mol. The van der Waals surface area contributed by atoms with Gasteiger partial charge in [0.1, 0.15) is 5.75 Å². The number of fused-ring (bicyclic) bond motifs is 1. The molecule has 3 rings (SSSR count). The fraction of sp³-hybridized carbons (Fsp3) is 0.176. The molecule has 0 N–H and O–H groups in total. The average Bonchev–Trinajstić information content (AvgIpc) is 2.58. The van der Waals surface area contributed by atoms with Crippen molar-refractivity contribution in [1.29, 1.82) is 0 Å². The second-order valence-electron chi connectivity index (χ2n) is 4.96. The Kier molecular flexibility index (Phi) is 4.73. The van der Waals surface area contributed by atoms with E-state index in [-0.39, 0.29) is 5.56 Å². The lowest BCUT2D eigenvalue weighted by molar-refractivity contribution is 0.407. The largest absolute Gasteiger partial charge is 0.496 e. The van der Waals surface area contributed by atoms with Crippen molar-refractivity contribution in [1.82, 2.24) is 9.55 Å². The van der Waals surface area contributed by atoms with Crippen LogP contribution < -0.4 is 10.3 Å². The summed E-state index contributed by atoms with van der Waals surface area (Å²) in [6.07, 6.45) is 1.92. The van der Waals surface area contributed by atoms with Gasteiger partial charge < -0.3 is 4.74 Å². The van der Waals surface area contributed by atoms with Crippen LogP contribution in [0.5, 0.6) is 5.75 Å². The van der Waals surface area contributed by atoms with E-state index in [0.29, 0.717) is 22.6 Å². The maximum Gasteiger partial charge on any atom is 0.262 e. The maximum atomic E-state index is 12.9. The van der Waals surface area contributed by atoms with Crippen molar-refractivity contribution >= 4 is 38.6 Å². The van der Waals surface area contributed by atoms with Crippen molar-refractivity contribution in [2.75, 3.05) is 13.4 Å². The van der Waals surface area contributed by atoms with Crippen molar-refractivity contribution < 1.29 is 4.74 Å². The first-order chi connectivity index (χ1) is 11.1. The summed E-state index contributed by atoms with van der Waals surface area (Å²) in [5.41, 5.74) is 1.61. The number of rotatable bonds is 4. The number of benzene rings is 2. The molecule has 0 fully saturated rings. The second kappa shape index (κ2) is 6.76. The summed E-state index contributed by atoms with van der Waals surface area (Å²) in [5, 5.41) is 1.29. The second-order valence-corrected chi connectivity index (χ2v) is 6.65. The molecule has 0 saturated heterocycles. The fourth-order valence-electron chi connectivity index (χ4n) is 2.47. The summed E-state index contributed by atoms with van der Waals surface area (Å²) in [6.45, 7) is 0.425. The van der Waals surface area contributed by atoms with Gasteiger partial charge in [0, 0.05) is 10.0 Å². The van der Waals surface area contributed by atoms with Crippen molar-refractivity contribution in [3.05, 3.63) is 62.9 Å². The molecule has 0 unspecified atom stereocenters. The van der Waals surface area contributed by atoms with E-state index in [9.17, 15) is 4.79 Å². The van der Waals surface area contributed by atoms with E-state index in [1.54, 1.807) is 11.7 Å². The summed E-state index contributed by atoms with van der Waals surface area (Å²) < 4.78 is 7.94. The third-order valence-corrected chi connectivity index (χ3v) is 4.75. The summed E-state index contributed by atoms with van der Waals surface area (Å²) in [7, 11) is 1.63. The van der Waals surface area contributed by atoms with Gasteiger partial charge in [-0.3, -0.25) is 9.36 Å². The van der Waals surface area contributed by atoms with Crippen LogP contribution in [0.15, 0.2) is 56.9 Å². The molecule has 0 atom stereocenters. The lowest BCUT2D eigenvalue weighted by Gasteiger charge is -2.14. The third kappa shape index (κ3) is 3.14. The molecule has 4 nitrogen and oxygen atoms in total. The van der Waals surface area contributed by atoms with Gasteiger partial charge in [0.15, 0.2) is 5.16 Å². The van der Waals surface area contributed by atoms with Crippen molar-refractivity contribution in [3.8, 4) is 5.75 Å². The van der Waals surface area contributed by atoms with Crippen molar-refractivity contribution in [2.45, 2.75) is 11.7 Å². The van der Waals surface area contributed by atoms with E-state index in [0.717, 1.165) is 15.8 Å². The van der Waals surface area contributed by atoms with E-state index < -0.39 is 0 Å². The monoisotopic (exact) mass is 390 g/mol. The normalized spacial score (nSPS) is 10.9. The fourth-order valence-corrected chi connectivity index (χ4v) is 3.39. The molecule has 0 bridgehead atoms. The highest BCUT2D eigenvalue weighted by Crippen LogP contribution is 2.22. The smallest absolute Gasteiger partial charge is 0.262 e. The first-order valence-electron chi connectivity index (χ1n) is 7.00. The standard InChI is InChI=1S/C17H15BrN2O2S/c1-22-15-6-4-3-5-11(15)10-20-16(21)13-9-12(18)7-8-14(13)19-17(20)23-2/h3-9H,10H2,1-2H3. The van der Waals surface area contributed by atoms with Gasteiger partial charge in [0.25, 0.3) is 5.56 Å². The molecule has 3 aromatic rings. The van der Waals surface area contributed by atoms with Crippen LogP contribution in [0.2, 0.25) is 0 Å². The summed E-state index contributed by atoms with van der Waals surface area (Å²) >= 11 is 4.88. The molecule has 2 aromatic carbocycles. The molecule has 0 aliphatic rings. The van der Waals surface area contributed by atoms with Crippen LogP contribution in [0, 0.1) is 0 Å². The van der Waals surface area contributed by atoms with Crippen LogP contribution in [-0.4, -0.2) is 22.9 Å². The Morgan fingerprint density at radius 2 is 2.04 bits per heavy atom. The Labute approximate surface area is 146 Å². The highest BCUT2D eigenvalue weighted by Gasteiger charge is 2.13. The number of hydrogen-bond donors (Lipinski definition) is 0. The van der Waals surface area contributed by atoms with Crippen LogP contribution in [0.3, 0.4) is 0 Å². The molecule has 0 spiro atoms. The Balaban J connectivity index is 2.19. The topological polar surface area (TPSA) is 44.1 Å². The van der Waals surface area contributed by atoms with Gasteiger partial charge in [0.05, 0.1) is 24.6 Å². The zero-order valence-corrected chi connectivity index (χ0v) is 15.1. The van der Waals surface area contributed by atoms with Crippen LogP contribution in [0.1, 0.15) is 5.56 Å². The molecular formula is C17H15BrN2O2S. The van der Waals surface area contributed by atoms with Crippen molar-refractivity contribution in [3.63, 3.8) is 0 Å². The summed E-state index contributed by atoms with van der Waals surface area (Å²) in [4.78, 5) is 17.5. The van der Waals surface area contributed by atoms with E-state index in [1.807, 2.05) is 48.7 Å². The highest BCUT2D eigenvalue weighted by atomic mass is 79.9. The zero-order chi connectivity index (χ0) is 16.4. The SMILES string of the molecule is COc1ccccc1Cn1c(SC)nc2ccc(Br)cc2c1=O. The molecule has 0 radical (unpaired) electrons. The van der Waals surface area contributed by atoms with Gasteiger partial charge in [-0.15, -0.1) is 0 Å². The molecule has 23 heavy (non-hydrogen) atoms. The number of methoxy groups -OCH3 is 1. The number of hydrogen-bond acceptors (Lipinski definition) is 4. The zero-order valence-electron chi connectivity index (χ0n) is 12.7. The number of para-hydroxylation sites is 1. The molecule has 1 aromatic heterocycles. The van der Waals surface area contributed by atoms with Crippen molar-refractivity contribution in [2.24, 2.45) is 0 Å². The van der Waals surface area contributed by atoms with Gasteiger partial charge in [-0.05, 0) is 30.5 Å². The Morgan fingerprint density at radius 3 is 2.78 bits per heavy atom. The first-order valence-corrected chi connectivity index (χ1v) is 9.02. The molecule has 0 aliphatic carbocycles. The minimum absolute atomic E-state index is 0.0495. The molecule has 0 amide bonds. The minimum atomic E-state index is -0.0495. The molecule has 1 heterocycles. The Morgan fingerprint density at radius 1 is 1.26 bits per heavy atom. The Bertz CT molecular complexity index is 924. The minimum Gasteiger partial charge on any atom is -0.496 e. The molecule has 6 heteroatoms. The van der Waals surface area contributed by atoms with Crippen LogP contribution in [-0.2, 0) is 6.54 Å². The quantitative estimate of drug-likeness (QED) is 0.499. The summed E-state index contributed by atoms with van der Waals surface area (Å²) in [5.74, 6) is 0.765. The van der Waals surface area contributed by atoms with E-state index in [2.05, 4.69) is 20.9 Å². The number of thioether (sulfide) groups is 1. The first kappa shape index (κ1) is 16.1. The molecule has 0 aliphatic heterocycles. The van der Waals surface area contributed by atoms with Gasteiger partial charge in [-0.2, -0.15) is 0 Å². The number of aromatic nitrogens is 2. The van der Waals surface area contributed by atoms with Gasteiger partial charge >= 0.3 is 0 Å². The number of ether oxygens (including phenoxy) is 1. The van der Waals surface area contributed by atoms with E-state index in [1.165, 1.54) is 11.8 Å². The Hall–Kier alpha value is -1.79. The third-order valence-electron chi connectivity index (χ3n) is 3.58. The van der Waals surface area contributed by atoms with Gasteiger partial charge in [0.2, 0.25) is 0 Å². The predicted molar refractivity (Wildman–Crippen MR) is 97.6 cm³/mol. The van der Waals surface area contributed by atoms with Gasteiger partial charge in [-0.25, -0.2) is 4.98 Å². The van der Waals surface area contributed by atoms with Gasteiger partial charge in [-0.1, -0.05) is 45.9 Å². The van der Waals surface area contributed by atoms with E-state index in [4.69, 9.17) is 4.74 Å². The number of nitrogens with zero attached hydrogens (tertiary/aromatic N) is 2. The van der Waals surface area contributed by atoms with Crippen LogP contribution in [0.4, 0.5) is 0 Å². The lowest BCUT2D eigenvalue weighted by Crippen LogP contribution is -2.24. The molecular weight excluding hydrogens is 376 g/mol. The lowest BCUT2D eigenvalue weighted by atomic mass is 10.2. The molecule has 0 saturated carbocycles. The maximum absolute atomic E-state index is 12.9. The molecule has 118 valence electrons. The predicted octanol–water partition coefficient (Wildman–Crippen LogP) is 3.94. The highest BCUT2D eigenvalue weighted by molar-refractivity contribution is 9.10. The number of halogens is 1. The van der Waals surface area contributed by atoms with Crippen LogP contribution >= 0.6 is 27.7 Å².